The Hall–Kier alpha value is -1.11. The summed E-state index contributed by atoms with van der Waals surface area (Å²) in [4.78, 5) is 22.4. The van der Waals surface area contributed by atoms with Crippen molar-refractivity contribution in [1.82, 2.24) is 5.32 Å². The highest BCUT2D eigenvalue weighted by molar-refractivity contribution is 14.1. The second kappa shape index (κ2) is 5.83. The number of benzene rings is 1. The summed E-state index contributed by atoms with van der Waals surface area (Å²) < 4.78 is 0.939. The number of aliphatic carboxylic acids is 1. The van der Waals surface area contributed by atoms with Crippen molar-refractivity contribution < 1.29 is 14.7 Å². The Bertz CT molecular complexity index is 406. The maximum Gasteiger partial charge on any atom is 0.326 e. The Kier molecular flexibility index (Phi) is 4.72. The van der Waals surface area contributed by atoms with Crippen LogP contribution in [0.1, 0.15) is 23.7 Å². The first-order chi connectivity index (χ1) is 7.54. The minimum absolute atomic E-state index is 0.354. The second-order valence-electron chi connectivity index (χ2n) is 3.28. The van der Waals surface area contributed by atoms with Gasteiger partial charge in [-0.1, -0.05) is 13.0 Å². The van der Waals surface area contributed by atoms with Gasteiger partial charge in [-0.25, -0.2) is 4.79 Å². The van der Waals surface area contributed by atoms with E-state index >= 15 is 0 Å². The molecule has 0 aliphatic carbocycles. The van der Waals surface area contributed by atoms with E-state index in [4.69, 9.17) is 5.11 Å². The summed E-state index contributed by atoms with van der Waals surface area (Å²) in [6.07, 6.45) is 0.366. The third-order valence-corrected chi connectivity index (χ3v) is 2.77. The van der Waals surface area contributed by atoms with Crippen LogP contribution in [-0.2, 0) is 4.79 Å². The van der Waals surface area contributed by atoms with Gasteiger partial charge in [0.2, 0.25) is 0 Å². The first-order valence-electron chi connectivity index (χ1n) is 4.83. The number of nitrogens with one attached hydrogen (secondary N) is 1. The van der Waals surface area contributed by atoms with E-state index in [1.165, 1.54) is 0 Å². The lowest BCUT2D eigenvalue weighted by Crippen LogP contribution is -2.40. The van der Waals surface area contributed by atoms with Gasteiger partial charge in [0.05, 0.1) is 0 Å². The van der Waals surface area contributed by atoms with Gasteiger partial charge in [-0.3, -0.25) is 4.79 Å². The van der Waals surface area contributed by atoms with Gasteiger partial charge in [0.1, 0.15) is 6.04 Å². The predicted molar refractivity (Wildman–Crippen MR) is 68.3 cm³/mol. The molecule has 1 aromatic carbocycles. The molecule has 4 nitrogen and oxygen atoms in total. The van der Waals surface area contributed by atoms with E-state index in [0.29, 0.717) is 12.0 Å². The van der Waals surface area contributed by atoms with Gasteiger partial charge in [-0.2, -0.15) is 0 Å². The number of carbonyl (C=O) groups is 2. The molecular weight excluding hydrogens is 321 g/mol. The molecule has 16 heavy (non-hydrogen) atoms. The minimum atomic E-state index is -1.01. The molecule has 0 saturated carbocycles. The zero-order chi connectivity index (χ0) is 12.1. The maximum absolute atomic E-state index is 11.7. The monoisotopic (exact) mass is 333 g/mol. The second-order valence-corrected chi connectivity index (χ2v) is 4.53. The first kappa shape index (κ1) is 13.0. The molecule has 0 heterocycles. The van der Waals surface area contributed by atoms with Crippen LogP contribution >= 0.6 is 22.6 Å². The molecular formula is C11H12INO3. The first-order valence-corrected chi connectivity index (χ1v) is 5.91. The molecule has 0 aliphatic rings. The summed E-state index contributed by atoms with van der Waals surface area (Å²) in [7, 11) is 0. The van der Waals surface area contributed by atoms with E-state index in [0.717, 1.165) is 3.57 Å². The topological polar surface area (TPSA) is 66.4 Å². The van der Waals surface area contributed by atoms with Crippen LogP contribution in [-0.4, -0.2) is 23.0 Å². The number of hydrogen-bond acceptors (Lipinski definition) is 2. The Morgan fingerprint density at radius 1 is 1.50 bits per heavy atom. The van der Waals surface area contributed by atoms with E-state index < -0.39 is 12.0 Å². The molecule has 0 bridgehead atoms. The largest absolute Gasteiger partial charge is 0.480 e. The fourth-order valence-corrected chi connectivity index (χ4v) is 1.75. The fraction of sp³-hybridized carbons (Fsp3) is 0.273. The minimum Gasteiger partial charge on any atom is -0.480 e. The van der Waals surface area contributed by atoms with Crippen molar-refractivity contribution >= 4 is 34.5 Å². The van der Waals surface area contributed by atoms with E-state index in [9.17, 15) is 9.59 Å². The molecule has 0 saturated heterocycles. The number of hydrogen-bond donors (Lipinski definition) is 2. The van der Waals surface area contributed by atoms with Gasteiger partial charge in [0.25, 0.3) is 5.91 Å². The van der Waals surface area contributed by atoms with Gasteiger partial charge in [-0.05, 0) is 47.2 Å². The summed E-state index contributed by atoms with van der Waals surface area (Å²) in [5.74, 6) is -1.37. The summed E-state index contributed by atoms with van der Waals surface area (Å²) in [6, 6.07) is 6.17. The maximum atomic E-state index is 11.7. The molecule has 1 aromatic rings. The van der Waals surface area contributed by atoms with Crippen molar-refractivity contribution in [2.75, 3.05) is 0 Å². The normalized spacial score (nSPS) is 11.9. The smallest absolute Gasteiger partial charge is 0.326 e. The van der Waals surface area contributed by atoms with Crippen LogP contribution in [0.3, 0.4) is 0 Å². The van der Waals surface area contributed by atoms with Crippen molar-refractivity contribution in [1.29, 1.82) is 0 Å². The van der Waals surface area contributed by atoms with Crippen molar-refractivity contribution in [3.8, 4) is 0 Å². The van der Waals surface area contributed by atoms with Gasteiger partial charge in [0, 0.05) is 9.13 Å². The molecule has 86 valence electrons. The lowest BCUT2D eigenvalue weighted by molar-refractivity contribution is -0.139. The molecule has 0 spiro atoms. The fourth-order valence-electron chi connectivity index (χ4n) is 1.21. The molecule has 1 atom stereocenters. The zero-order valence-corrected chi connectivity index (χ0v) is 10.9. The number of carboxylic acids is 1. The number of carboxylic acid groups (broad SMARTS) is 1. The highest BCUT2D eigenvalue weighted by atomic mass is 127. The zero-order valence-electron chi connectivity index (χ0n) is 8.74. The van der Waals surface area contributed by atoms with E-state index in [2.05, 4.69) is 27.9 Å². The Balaban J connectivity index is 2.75. The van der Waals surface area contributed by atoms with Crippen LogP contribution in [0.4, 0.5) is 0 Å². The molecule has 1 rings (SSSR count). The molecule has 0 radical (unpaired) electrons. The molecule has 0 fully saturated rings. The van der Waals surface area contributed by atoms with E-state index in [1.807, 2.05) is 6.07 Å². The van der Waals surface area contributed by atoms with Gasteiger partial charge in [-0.15, -0.1) is 0 Å². The molecule has 0 aliphatic heterocycles. The van der Waals surface area contributed by atoms with Crippen LogP contribution < -0.4 is 5.32 Å². The summed E-state index contributed by atoms with van der Waals surface area (Å²) in [5, 5.41) is 11.3. The van der Waals surface area contributed by atoms with Crippen molar-refractivity contribution in [2.45, 2.75) is 19.4 Å². The lowest BCUT2D eigenvalue weighted by atomic mass is 10.1. The quantitative estimate of drug-likeness (QED) is 0.827. The number of rotatable bonds is 4. The molecule has 1 unspecified atom stereocenters. The molecule has 5 heteroatoms. The average Bonchev–Trinajstić information content (AvgIpc) is 2.25. The molecule has 1 amide bonds. The average molecular weight is 333 g/mol. The van der Waals surface area contributed by atoms with E-state index in [-0.39, 0.29) is 5.91 Å². The SMILES string of the molecule is CCC(NC(=O)c1cccc(I)c1)C(=O)O. The van der Waals surface area contributed by atoms with Crippen LogP contribution in [0.25, 0.3) is 0 Å². The third-order valence-electron chi connectivity index (χ3n) is 2.10. The van der Waals surface area contributed by atoms with Crippen LogP contribution in [0.15, 0.2) is 24.3 Å². The molecule has 2 N–H and O–H groups in total. The third kappa shape index (κ3) is 3.48. The van der Waals surface area contributed by atoms with Gasteiger partial charge in [0.15, 0.2) is 0 Å². The number of amides is 1. The van der Waals surface area contributed by atoms with Crippen molar-refractivity contribution in [2.24, 2.45) is 0 Å². The number of carbonyl (C=O) groups excluding carboxylic acids is 1. The Labute approximate surface area is 107 Å². The number of halogens is 1. The van der Waals surface area contributed by atoms with Gasteiger partial charge < -0.3 is 10.4 Å². The van der Waals surface area contributed by atoms with Crippen molar-refractivity contribution in [3.05, 3.63) is 33.4 Å². The highest BCUT2D eigenvalue weighted by Crippen LogP contribution is 2.08. The summed E-state index contributed by atoms with van der Waals surface area (Å²) >= 11 is 2.10. The van der Waals surface area contributed by atoms with Crippen LogP contribution in [0.2, 0.25) is 0 Å². The summed E-state index contributed by atoms with van der Waals surface area (Å²) in [5.41, 5.74) is 0.478. The van der Waals surface area contributed by atoms with Gasteiger partial charge >= 0.3 is 5.97 Å². The standard InChI is InChI=1S/C11H12INO3/c1-2-9(11(15)16)13-10(14)7-4-3-5-8(12)6-7/h3-6,9H,2H2,1H3,(H,13,14)(H,15,16). The van der Waals surface area contributed by atoms with Crippen molar-refractivity contribution in [3.63, 3.8) is 0 Å². The highest BCUT2D eigenvalue weighted by Gasteiger charge is 2.18. The van der Waals surface area contributed by atoms with Crippen LogP contribution in [0.5, 0.6) is 0 Å². The lowest BCUT2D eigenvalue weighted by Gasteiger charge is -2.12. The molecule has 0 aromatic heterocycles. The van der Waals surface area contributed by atoms with E-state index in [1.54, 1.807) is 25.1 Å². The predicted octanol–water partition coefficient (Wildman–Crippen LogP) is 1.88. The Morgan fingerprint density at radius 2 is 2.19 bits per heavy atom. The van der Waals surface area contributed by atoms with Crippen LogP contribution in [0, 0.1) is 3.57 Å². The summed E-state index contributed by atoms with van der Waals surface area (Å²) in [6.45, 7) is 1.72. The Morgan fingerprint density at radius 3 is 2.69 bits per heavy atom.